The number of hydrogen-bond donors (Lipinski definition) is 0. The lowest BCUT2D eigenvalue weighted by Gasteiger charge is -2.22. The van der Waals surface area contributed by atoms with Crippen LogP contribution in [0.4, 0.5) is 8.78 Å². The van der Waals surface area contributed by atoms with E-state index in [0.29, 0.717) is 5.76 Å². The van der Waals surface area contributed by atoms with Crippen molar-refractivity contribution in [3.05, 3.63) is 95.4 Å². The van der Waals surface area contributed by atoms with E-state index in [0.717, 1.165) is 17.7 Å². The Hall–Kier alpha value is -2.95. The fourth-order valence-corrected chi connectivity index (χ4v) is 2.45. The monoisotopic (exact) mass is 327 g/mol. The zero-order valence-corrected chi connectivity index (χ0v) is 12.8. The summed E-state index contributed by atoms with van der Waals surface area (Å²) in [5.74, 6) is -1.93. The van der Waals surface area contributed by atoms with Gasteiger partial charge in [0.25, 0.3) is 5.91 Å². The van der Waals surface area contributed by atoms with Crippen molar-refractivity contribution in [1.29, 1.82) is 0 Å². The summed E-state index contributed by atoms with van der Waals surface area (Å²) in [4.78, 5) is 14.1. The molecule has 0 aliphatic heterocycles. The van der Waals surface area contributed by atoms with E-state index in [9.17, 15) is 13.6 Å². The average molecular weight is 327 g/mol. The Labute approximate surface area is 138 Å². The van der Waals surface area contributed by atoms with Crippen molar-refractivity contribution in [1.82, 2.24) is 4.90 Å². The van der Waals surface area contributed by atoms with E-state index in [1.165, 1.54) is 17.2 Å². The van der Waals surface area contributed by atoms with Gasteiger partial charge >= 0.3 is 0 Å². The summed E-state index contributed by atoms with van der Waals surface area (Å²) in [5, 5.41) is 0. The topological polar surface area (TPSA) is 33.5 Å². The molecule has 0 spiro atoms. The van der Waals surface area contributed by atoms with Crippen molar-refractivity contribution in [2.75, 3.05) is 0 Å². The lowest BCUT2D eigenvalue weighted by Crippen LogP contribution is -2.31. The van der Waals surface area contributed by atoms with Crippen LogP contribution >= 0.6 is 0 Å². The maximum absolute atomic E-state index is 14.0. The second kappa shape index (κ2) is 7.08. The summed E-state index contributed by atoms with van der Waals surface area (Å²) in [6.45, 7) is 0.336. The molecular formula is C19H15F2NO2. The molecule has 3 nitrogen and oxygen atoms in total. The summed E-state index contributed by atoms with van der Waals surface area (Å²) >= 11 is 0. The molecule has 1 heterocycles. The number of halogens is 2. The number of hydrogen-bond acceptors (Lipinski definition) is 2. The highest BCUT2D eigenvalue weighted by Gasteiger charge is 2.24. The summed E-state index contributed by atoms with van der Waals surface area (Å²) in [5.41, 5.74) is 0.300. The predicted octanol–water partition coefficient (Wildman–Crippen LogP) is 4.40. The van der Waals surface area contributed by atoms with E-state index in [1.807, 2.05) is 30.3 Å². The Morgan fingerprint density at radius 3 is 2.21 bits per heavy atom. The van der Waals surface area contributed by atoms with Gasteiger partial charge in [-0.1, -0.05) is 36.4 Å². The minimum absolute atomic E-state index is 0.120. The number of amides is 1. The quantitative estimate of drug-likeness (QED) is 0.696. The Morgan fingerprint density at radius 1 is 0.875 bits per heavy atom. The first-order valence-electron chi connectivity index (χ1n) is 7.45. The highest BCUT2D eigenvalue weighted by Crippen LogP contribution is 2.19. The van der Waals surface area contributed by atoms with Gasteiger partial charge in [0, 0.05) is 6.54 Å². The Morgan fingerprint density at radius 2 is 1.58 bits per heavy atom. The third-order valence-electron chi connectivity index (χ3n) is 3.61. The van der Waals surface area contributed by atoms with Crippen LogP contribution in [-0.2, 0) is 13.1 Å². The van der Waals surface area contributed by atoms with E-state index in [2.05, 4.69) is 0 Å². The van der Waals surface area contributed by atoms with Gasteiger partial charge in [0.15, 0.2) is 0 Å². The molecule has 0 N–H and O–H groups in total. The van der Waals surface area contributed by atoms with Crippen LogP contribution in [-0.4, -0.2) is 10.8 Å². The fraction of sp³-hybridized carbons (Fsp3) is 0.105. The minimum Gasteiger partial charge on any atom is -0.467 e. The van der Waals surface area contributed by atoms with E-state index >= 15 is 0 Å². The third kappa shape index (κ3) is 3.51. The molecule has 0 bridgehead atoms. The zero-order valence-electron chi connectivity index (χ0n) is 12.8. The van der Waals surface area contributed by atoms with Crippen LogP contribution in [0.25, 0.3) is 0 Å². The molecule has 1 amide bonds. The first kappa shape index (κ1) is 15.9. The number of furan rings is 1. The molecule has 0 aliphatic rings. The van der Waals surface area contributed by atoms with Gasteiger partial charge in [0.1, 0.15) is 23.0 Å². The molecule has 0 unspecified atom stereocenters. The second-order valence-corrected chi connectivity index (χ2v) is 5.32. The molecule has 5 heteroatoms. The normalized spacial score (nSPS) is 10.6. The van der Waals surface area contributed by atoms with Gasteiger partial charge in [0.2, 0.25) is 0 Å². The molecule has 0 radical (unpaired) electrons. The SMILES string of the molecule is O=C(c1c(F)cccc1F)N(Cc1ccccc1)Cc1ccco1. The van der Waals surface area contributed by atoms with E-state index < -0.39 is 23.1 Å². The highest BCUT2D eigenvalue weighted by molar-refractivity contribution is 5.94. The molecule has 3 rings (SSSR count). The first-order valence-corrected chi connectivity index (χ1v) is 7.45. The third-order valence-corrected chi connectivity index (χ3v) is 3.61. The van der Waals surface area contributed by atoms with Crippen LogP contribution in [0.3, 0.4) is 0 Å². The molecule has 24 heavy (non-hydrogen) atoms. The lowest BCUT2D eigenvalue weighted by molar-refractivity contribution is 0.0707. The molecule has 0 aliphatic carbocycles. The van der Waals surface area contributed by atoms with Crippen molar-refractivity contribution in [3.63, 3.8) is 0 Å². The first-order chi connectivity index (χ1) is 11.6. The van der Waals surface area contributed by atoms with Crippen LogP contribution in [0.1, 0.15) is 21.7 Å². The molecule has 0 saturated carbocycles. The zero-order chi connectivity index (χ0) is 16.9. The molecule has 3 aromatic rings. The van der Waals surface area contributed by atoms with E-state index in [1.54, 1.807) is 12.1 Å². The Balaban J connectivity index is 1.92. The van der Waals surface area contributed by atoms with E-state index in [4.69, 9.17) is 4.42 Å². The average Bonchev–Trinajstić information content (AvgIpc) is 3.08. The predicted molar refractivity (Wildman–Crippen MR) is 85.1 cm³/mol. The van der Waals surface area contributed by atoms with Crippen LogP contribution in [0, 0.1) is 11.6 Å². The van der Waals surface area contributed by atoms with Crippen LogP contribution < -0.4 is 0 Å². The van der Waals surface area contributed by atoms with Gasteiger partial charge in [-0.15, -0.1) is 0 Å². The van der Waals surface area contributed by atoms with Gasteiger partial charge in [0.05, 0.1) is 12.8 Å². The molecular weight excluding hydrogens is 312 g/mol. The van der Waals surface area contributed by atoms with Gasteiger partial charge < -0.3 is 9.32 Å². The van der Waals surface area contributed by atoms with Crippen LogP contribution in [0.2, 0.25) is 0 Å². The molecule has 0 fully saturated rings. The van der Waals surface area contributed by atoms with Crippen LogP contribution in [0.15, 0.2) is 71.3 Å². The largest absolute Gasteiger partial charge is 0.467 e. The molecule has 122 valence electrons. The Kier molecular flexibility index (Phi) is 4.70. The van der Waals surface area contributed by atoms with Crippen molar-refractivity contribution in [2.24, 2.45) is 0 Å². The smallest absolute Gasteiger partial charge is 0.260 e. The second-order valence-electron chi connectivity index (χ2n) is 5.32. The summed E-state index contributed by atoms with van der Waals surface area (Å²) in [6.07, 6.45) is 1.49. The van der Waals surface area contributed by atoms with Crippen molar-refractivity contribution < 1.29 is 18.0 Å². The standard InChI is InChI=1S/C19H15F2NO2/c20-16-9-4-10-17(21)18(16)19(23)22(13-15-8-5-11-24-15)12-14-6-2-1-3-7-14/h1-11H,12-13H2. The molecule has 0 atom stereocenters. The highest BCUT2D eigenvalue weighted by atomic mass is 19.1. The summed E-state index contributed by atoms with van der Waals surface area (Å²) < 4.78 is 33.2. The fourth-order valence-electron chi connectivity index (χ4n) is 2.45. The molecule has 0 saturated heterocycles. The minimum atomic E-state index is -0.877. The lowest BCUT2D eigenvalue weighted by atomic mass is 10.1. The van der Waals surface area contributed by atoms with Crippen molar-refractivity contribution in [2.45, 2.75) is 13.1 Å². The number of rotatable bonds is 5. The van der Waals surface area contributed by atoms with Crippen LogP contribution in [0.5, 0.6) is 0 Å². The van der Waals surface area contributed by atoms with Gasteiger partial charge in [-0.25, -0.2) is 8.78 Å². The van der Waals surface area contributed by atoms with Gasteiger partial charge in [-0.05, 0) is 29.8 Å². The summed E-state index contributed by atoms with van der Waals surface area (Å²) in [7, 11) is 0. The van der Waals surface area contributed by atoms with E-state index in [-0.39, 0.29) is 13.1 Å². The Bertz CT molecular complexity index is 796. The maximum atomic E-state index is 14.0. The molecule has 1 aromatic heterocycles. The molecule has 2 aromatic carbocycles. The van der Waals surface area contributed by atoms with Crippen molar-refractivity contribution >= 4 is 5.91 Å². The number of carbonyl (C=O) groups excluding carboxylic acids is 1. The number of nitrogens with zero attached hydrogens (tertiary/aromatic N) is 1. The summed E-state index contributed by atoms with van der Waals surface area (Å²) in [6, 6.07) is 16.0. The number of carbonyl (C=O) groups is 1. The number of benzene rings is 2. The van der Waals surface area contributed by atoms with Crippen molar-refractivity contribution in [3.8, 4) is 0 Å². The maximum Gasteiger partial charge on any atom is 0.260 e. The van der Waals surface area contributed by atoms with Gasteiger partial charge in [-0.3, -0.25) is 4.79 Å². The van der Waals surface area contributed by atoms with Gasteiger partial charge in [-0.2, -0.15) is 0 Å².